The third-order valence-corrected chi connectivity index (χ3v) is 5.54. The molecule has 0 radical (unpaired) electrons. The average molecular weight is 353 g/mol. The molecule has 0 spiro atoms. The molecule has 1 aromatic rings. The van der Waals surface area contributed by atoms with E-state index in [2.05, 4.69) is 15.9 Å². The number of rotatable bonds is 5. The van der Waals surface area contributed by atoms with Gasteiger partial charge in [0.25, 0.3) is 0 Å². The van der Waals surface area contributed by atoms with Crippen molar-refractivity contribution in [3.05, 3.63) is 22.2 Å². The summed E-state index contributed by atoms with van der Waals surface area (Å²) < 4.78 is 11.5. The first-order chi connectivity index (χ1) is 9.17. The third-order valence-electron chi connectivity index (χ3n) is 3.41. The van der Waals surface area contributed by atoms with E-state index in [1.54, 1.807) is 20.3 Å². The van der Waals surface area contributed by atoms with E-state index in [-0.39, 0.29) is 25.8 Å². The fourth-order valence-electron chi connectivity index (χ4n) is 2.45. The van der Waals surface area contributed by atoms with Gasteiger partial charge in [-0.05, 0) is 55.1 Å². The van der Waals surface area contributed by atoms with Crippen LogP contribution in [-0.4, -0.2) is 25.4 Å². The molecule has 1 fully saturated rings. The summed E-state index contributed by atoms with van der Waals surface area (Å²) in [6, 6.07) is 3.64. The number of carbonyl (C=O) groups is 1. The van der Waals surface area contributed by atoms with E-state index in [0.717, 1.165) is 4.47 Å². The number of methoxy groups -OCH3 is 2. The summed E-state index contributed by atoms with van der Waals surface area (Å²) >= 11 is 3.42. The molecule has 0 aliphatic heterocycles. The van der Waals surface area contributed by atoms with Crippen LogP contribution in [0.25, 0.3) is 0 Å². The molecule has 0 amide bonds. The minimum absolute atomic E-state index is 0. The van der Waals surface area contributed by atoms with E-state index in [1.807, 2.05) is 6.07 Å². The molecule has 2 rings (SSSR count). The van der Waals surface area contributed by atoms with Gasteiger partial charge in [-0.1, -0.05) is 12.8 Å². The molecule has 0 heterocycles. The van der Waals surface area contributed by atoms with Gasteiger partial charge < -0.3 is 10.9 Å². The Bertz CT molecular complexity index is 482. The van der Waals surface area contributed by atoms with Crippen molar-refractivity contribution in [1.29, 1.82) is 0 Å². The van der Waals surface area contributed by atoms with Gasteiger partial charge in [-0.25, -0.2) is 0 Å². The van der Waals surface area contributed by atoms with Crippen LogP contribution in [-0.2, 0) is 0 Å². The first-order valence-corrected chi connectivity index (χ1v) is 8.25. The van der Waals surface area contributed by atoms with E-state index in [0.29, 0.717) is 31.3 Å². The Morgan fingerprint density at radius 3 is 2.50 bits per heavy atom. The van der Waals surface area contributed by atoms with Gasteiger partial charge in [0.05, 0.1) is 18.7 Å². The van der Waals surface area contributed by atoms with Crippen LogP contribution in [0, 0.1) is 0 Å². The summed E-state index contributed by atoms with van der Waals surface area (Å²) in [7, 11) is 3.47. The van der Waals surface area contributed by atoms with Gasteiger partial charge in [-0.15, -0.1) is 0 Å². The Morgan fingerprint density at radius 2 is 1.95 bits per heavy atom. The van der Waals surface area contributed by atoms with Crippen molar-refractivity contribution in [2.24, 2.45) is 0 Å². The topological polar surface area (TPSA) is 35.5 Å². The molecule has 1 atom stereocenters. The second kappa shape index (κ2) is 8.44. The van der Waals surface area contributed by atoms with Gasteiger partial charge in [-0.3, -0.25) is 4.79 Å². The first kappa shape index (κ1) is 18.0. The predicted octanol–water partition coefficient (Wildman–Crippen LogP) is 1.34. The molecule has 1 unspecified atom stereocenters. The third kappa shape index (κ3) is 4.01. The zero-order valence-electron chi connectivity index (χ0n) is 13.2. The first-order valence-electron chi connectivity index (χ1n) is 6.38. The number of benzene rings is 1. The Hall–Kier alpha value is -0.00260. The zero-order valence-corrected chi connectivity index (χ0v) is 14.7. The van der Waals surface area contributed by atoms with Crippen LogP contribution in [0.5, 0.6) is 11.5 Å². The molecule has 3 nitrogen and oxygen atoms in total. The zero-order chi connectivity index (χ0) is 13.8. The second-order valence-electron chi connectivity index (χ2n) is 4.61. The van der Waals surface area contributed by atoms with Crippen LogP contribution in [0.4, 0.5) is 0 Å². The van der Waals surface area contributed by atoms with Crippen LogP contribution in [0.15, 0.2) is 16.6 Å². The largest absolute Gasteiger partial charge is 1.00 e. The standard InChI is InChI=1S/C14H18BrO3P.Li.H/c1-17-11-8-7-10(15)13(18-2)12(11)14(16)19-9-5-3-4-6-9;;/h7-9,19H,3-6H2,1-2H3;;/q;+1;-1. The smallest absolute Gasteiger partial charge is 1.00 e. The van der Waals surface area contributed by atoms with Gasteiger partial charge >= 0.3 is 18.9 Å². The van der Waals surface area contributed by atoms with Gasteiger partial charge in [0.2, 0.25) is 0 Å². The average Bonchev–Trinajstić information content (AvgIpc) is 2.91. The Morgan fingerprint density at radius 1 is 1.30 bits per heavy atom. The minimum Gasteiger partial charge on any atom is -1.00 e. The van der Waals surface area contributed by atoms with Gasteiger partial charge in [0.1, 0.15) is 17.1 Å². The summed E-state index contributed by atoms with van der Waals surface area (Å²) in [6.45, 7) is 0. The Balaban J connectivity index is 0.00000200. The number of carbonyl (C=O) groups excluding carboxylic acids is 1. The maximum atomic E-state index is 12.5. The molecule has 1 saturated carbocycles. The number of ether oxygens (including phenoxy) is 2. The van der Waals surface area contributed by atoms with Crippen LogP contribution in [0.2, 0.25) is 0 Å². The fourth-order valence-corrected chi connectivity index (χ4v) is 4.39. The van der Waals surface area contributed by atoms with Gasteiger partial charge in [0.15, 0.2) is 5.52 Å². The monoisotopic (exact) mass is 352 g/mol. The van der Waals surface area contributed by atoms with Crippen LogP contribution >= 0.6 is 24.5 Å². The summed E-state index contributed by atoms with van der Waals surface area (Å²) in [5, 5.41) is 0. The summed E-state index contributed by atoms with van der Waals surface area (Å²) in [6.07, 6.45) is 4.83. The van der Waals surface area contributed by atoms with Crippen molar-refractivity contribution in [2.75, 3.05) is 14.2 Å². The molecule has 1 aliphatic carbocycles. The van der Waals surface area contributed by atoms with E-state index in [9.17, 15) is 4.79 Å². The molecule has 0 bridgehead atoms. The number of halogens is 1. The molecule has 0 aromatic heterocycles. The van der Waals surface area contributed by atoms with Crippen molar-refractivity contribution in [1.82, 2.24) is 0 Å². The van der Waals surface area contributed by atoms with Crippen LogP contribution in [0.1, 0.15) is 37.5 Å². The predicted molar refractivity (Wildman–Crippen MR) is 83.3 cm³/mol. The summed E-state index contributed by atoms with van der Waals surface area (Å²) in [5.74, 6) is 1.17. The van der Waals surface area contributed by atoms with E-state index >= 15 is 0 Å². The normalized spacial score (nSPS) is 15.3. The molecule has 0 saturated heterocycles. The molecule has 6 heteroatoms. The van der Waals surface area contributed by atoms with Crippen LogP contribution in [0.3, 0.4) is 0 Å². The van der Waals surface area contributed by atoms with Crippen molar-refractivity contribution in [2.45, 2.75) is 31.3 Å². The second-order valence-corrected chi connectivity index (χ2v) is 7.03. The molecule has 1 aromatic carbocycles. The molecule has 20 heavy (non-hydrogen) atoms. The Kier molecular flexibility index (Phi) is 7.62. The van der Waals surface area contributed by atoms with E-state index < -0.39 is 0 Å². The summed E-state index contributed by atoms with van der Waals surface area (Å²) in [4.78, 5) is 12.5. The molecule has 106 valence electrons. The SMILES string of the molecule is COc1ccc(Br)c(OC)c1C(=O)PC1CCCC1.[H-].[Li+]. The van der Waals surface area contributed by atoms with Crippen molar-refractivity contribution in [3.63, 3.8) is 0 Å². The molecular weight excluding hydrogens is 334 g/mol. The molecule has 0 N–H and O–H groups in total. The minimum atomic E-state index is 0. The Labute approximate surface area is 143 Å². The quantitative estimate of drug-likeness (QED) is 0.592. The van der Waals surface area contributed by atoms with Gasteiger partial charge in [0, 0.05) is 0 Å². The van der Waals surface area contributed by atoms with E-state index in [4.69, 9.17) is 9.47 Å². The van der Waals surface area contributed by atoms with Crippen molar-refractivity contribution < 1.29 is 34.6 Å². The summed E-state index contributed by atoms with van der Waals surface area (Å²) in [5.41, 5.74) is 1.26. The van der Waals surface area contributed by atoms with Crippen molar-refractivity contribution in [3.8, 4) is 11.5 Å². The van der Waals surface area contributed by atoms with Gasteiger partial charge in [-0.2, -0.15) is 0 Å². The number of hydrogen-bond donors (Lipinski definition) is 0. The maximum absolute atomic E-state index is 12.5. The molecular formula is C14H19BrLiO3P. The molecule has 1 aliphatic rings. The van der Waals surface area contributed by atoms with Crippen molar-refractivity contribution >= 4 is 30.0 Å². The maximum Gasteiger partial charge on any atom is 1.00 e. The van der Waals surface area contributed by atoms with Crippen LogP contribution < -0.4 is 28.3 Å². The van der Waals surface area contributed by atoms with E-state index in [1.165, 1.54) is 25.7 Å². The number of hydrogen-bond acceptors (Lipinski definition) is 3. The fraction of sp³-hybridized carbons (Fsp3) is 0.500.